The first-order valence-corrected chi connectivity index (χ1v) is 6.38. The summed E-state index contributed by atoms with van der Waals surface area (Å²) in [5.41, 5.74) is 12.3. The van der Waals surface area contributed by atoms with E-state index in [1.165, 1.54) is 16.8 Å². The van der Waals surface area contributed by atoms with Gasteiger partial charge in [0.1, 0.15) is 5.82 Å². The smallest absolute Gasteiger partial charge is 0.111 e. The molecule has 2 N–H and O–H groups in total. The Morgan fingerprint density at radius 1 is 1.00 bits per heavy atom. The molecule has 3 heteroatoms. The second-order valence-electron chi connectivity index (χ2n) is 5.03. The van der Waals surface area contributed by atoms with Gasteiger partial charge in [0.2, 0.25) is 0 Å². The molecule has 0 amide bonds. The van der Waals surface area contributed by atoms with E-state index in [2.05, 4.69) is 41.6 Å². The van der Waals surface area contributed by atoms with E-state index in [1.807, 2.05) is 25.1 Å². The first-order valence-electron chi connectivity index (χ1n) is 6.38. The first kappa shape index (κ1) is 11.8. The highest BCUT2D eigenvalue weighted by atomic mass is 15.1. The van der Waals surface area contributed by atoms with Crippen LogP contribution in [0.5, 0.6) is 0 Å². The Balaban J connectivity index is 2.36. The number of hydrogen-bond donors (Lipinski definition) is 1. The second-order valence-corrected chi connectivity index (χ2v) is 5.03. The van der Waals surface area contributed by atoms with Crippen LogP contribution in [0.25, 0.3) is 16.7 Å². The van der Waals surface area contributed by atoms with E-state index in [9.17, 15) is 0 Å². The lowest BCUT2D eigenvalue weighted by Crippen LogP contribution is -2.00. The highest BCUT2D eigenvalue weighted by Crippen LogP contribution is 2.25. The molecule has 0 aliphatic carbocycles. The van der Waals surface area contributed by atoms with E-state index >= 15 is 0 Å². The molecule has 0 fully saturated rings. The van der Waals surface area contributed by atoms with Gasteiger partial charge in [-0.05, 0) is 56.2 Å². The lowest BCUT2D eigenvalue weighted by atomic mass is 10.1. The Morgan fingerprint density at radius 2 is 1.79 bits per heavy atom. The fourth-order valence-electron chi connectivity index (χ4n) is 2.48. The summed E-state index contributed by atoms with van der Waals surface area (Å²) in [6.45, 7) is 6.25. The zero-order valence-electron chi connectivity index (χ0n) is 11.4. The third kappa shape index (κ3) is 1.87. The van der Waals surface area contributed by atoms with E-state index in [0.717, 1.165) is 22.5 Å². The number of fused-ring (bicyclic) bond motifs is 1. The summed E-state index contributed by atoms with van der Waals surface area (Å²) in [5.74, 6) is 0.981. The molecule has 3 rings (SSSR count). The van der Waals surface area contributed by atoms with E-state index in [1.54, 1.807) is 0 Å². The standard InChI is InChI=1S/C16H17N3/c1-10-4-5-11(2)16(8-10)19-12(3)18-14-9-13(17)6-7-15(14)19/h4-9H,17H2,1-3H3. The van der Waals surface area contributed by atoms with Gasteiger partial charge in [-0.1, -0.05) is 12.1 Å². The van der Waals surface area contributed by atoms with Crippen LogP contribution in [0.2, 0.25) is 0 Å². The van der Waals surface area contributed by atoms with Crippen molar-refractivity contribution in [3.63, 3.8) is 0 Å². The van der Waals surface area contributed by atoms with Crippen molar-refractivity contribution in [2.45, 2.75) is 20.8 Å². The van der Waals surface area contributed by atoms with E-state index in [-0.39, 0.29) is 0 Å². The van der Waals surface area contributed by atoms with Crippen molar-refractivity contribution in [1.29, 1.82) is 0 Å². The van der Waals surface area contributed by atoms with Crippen molar-refractivity contribution in [1.82, 2.24) is 9.55 Å². The number of nitrogens with zero attached hydrogens (tertiary/aromatic N) is 2. The number of anilines is 1. The number of aryl methyl sites for hydroxylation is 3. The minimum absolute atomic E-state index is 0.748. The van der Waals surface area contributed by atoms with Crippen molar-refractivity contribution in [2.75, 3.05) is 5.73 Å². The number of hydrogen-bond acceptors (Lipinski definition) is 2. The molecule has 0 aliphatic rings. The molecule has 96 valence electrons. The SMILES string of the molecule is Cc1ccc(C)c(-n2c(C)nc3cc(N)ccc32)c1. The minimum atomic E-state index is 0.748. The Hall–Kier alpha value is -2.29. The van der Waals surface area contributed by atoms with Crippen LogP contribution in [0, 0.1) is 20.8 Å². The van der Waals surface area contributed by atoms with Gasteiger partial charge in [0.05, 0.1) is 16.7 Å². The van der Waals surface area contributed by atoms with Crippen LogP contribution in [0.3, 0.4) is 0 Å². The zero-order valence-corrected chi connectivity index (χ0v) is 11.4. The summed E-state index contributed by atoms with van der Waals surface area (Å²) in [6.07, 6.45) is 0. The summed E-state index contributed by atoms with van der Waals surface area (Å²) < 4.78 is 2.19. The number of nitrogens with two attached hydrogens (primary N) is 1. The summed E-state index contributed by atoms with van der Waals surface area (Å²) in [6, 6.07) is 12.3. The lowest BCUT2D eigenvalue weighted by Gasteiger charge is -2.11. The number of benzene rings is 2. The number of rotatable bonds is 1. The predicted octanol–water partition coefficient (Wildman–Crippen LogP) is 3.53. The van der Waals surface area contributed by atoms with Crippen LogP contribution in [0.1, 0.15) is 17.0 Å². The molecule has 1 aromatic heterocycles. The number of imidazole rings is 1. The van der Waals surface area contributed by atoms with Crippen LogP contribution in [0.15, 0.2) is 36.4 Å². The van der Waals surface area contributed by atoms with Crippen LogP contribution in [-0.2, 0) is 0 Å². The Bertz CT molecular complexity index is 769. The summed E-state index contributed by atoms with van der Waals surface area (Å²) >= 11 is 0. The summed E-state index contributed by atoms with van der Waals surface area (Å²) in [5, 5.41) is 0. The second kappa shape index (κ2) is 4.12. The van der Waals surface area contributed by atoms with Gasteiger partial charge in [0, 0.05) is 5.69 Å². The van der Waals surface area contributed by atoms with Crippen molar-refractivity contribution in [2.24, 2.45) is 0 Å². The quantitative estimate of drug-likeness (QED) is 0.672. The minimum Gasteiger partial charge on any atom is -0.399 e. The molecule has 19 heavy (non-hydrogen) atoms. The molecule has 2 aromatic carbocycles. The number of nitrogen functional groups attached to an aromatic ring is 1. The monoisotopic (exact) mass is 251 g/mol. The van der Waals surface area contributed by atoms with Crippen LogP contribution in [0.4, 0.5) is 5.69 Å². The van der Waals surface area contributed by atoms with Crippen molar-refractivity contribution < 1.29 is 0 Å². The maximum absolute atomic E-state index is 5.83. The van der Waals surface area contributed by atoms with Gasteiger partial charge in [-0.15, -0.1) is 0 Å². The lowest BCUT2D eigenvalue weighted by molar-refractivity contribution is 0.987. The molecule has 0 aliphatic heterocycles. The van der Waals surface area contributed by atoms with Gasteiger partial charge < -0.3 is 5.73 Å². The third-order valence-corrected chi connectivity index (χ3v) is 3.45. The van der Waals surface area contributed by atoms with E-state index in [0.29, 0.717) is 0 Å². The normalized spacial score (nSPS) is 11.1. The van der Waals surface area contributed by atoms with E-state index in [4.69, 9.17) is 5.73 Å². The molecule has 0 bridgehead atoms. The van der Waals surface area contributed by atoms with Crippen LogP contribution < -0.4 is 5.73 Å². The molecule has 0 atom stereocenters. The van der Waals surface area contributed by atoms with Crippen molar-refractivity contribution in [3.8, 4) is 5.69 Å². The molecule has 0 radical (unpaired) electrons. The van der Waals surface area contributed by atoms with Gasteiger partial charge in [0.15, 0.2) is 0 Å². The maximum atomic E-state index is 5.83. The van der Waals surface area contributed by atoms with Gasteiger partial charge in [-0.3, -0.25) is 4.57 Å². The first-order chi connectivity index (χ1) is 9.06. The average molecular weight is 251 g/mol. The highest BCUT2D eigenvalue weighted by molar-refractivity contribution is 5.81. The molecule has 0 saturated heterocycles. The third-order valence-electron chi connectivity index (χ3n) is 3.45. The Kier molecular flexibility index (Phi) is 2.56. The molecule has 1 heterocycles. The predicted molar refractivity (Wildman–Crippen MR) is 79.7 cm³/mol. The molecule has 0 saturated carbocycles. The number of aromatic nitrogens is 2. The molecule has 0 spiro atoms. The van der Waals surface area contributed by atoms with Gasteiger partial charge >= 0.3 is 0 Å². The summed E-state index contributed by atoms with van der Waals surface area (Å²) in [4.78, 5) is 4.60. The summed E-state index contributed by atoms with van der Waals surface area (Å²) in [7, 11) is 0. The van der Waals surface area contributed by atoms with E-state index < -0.39 is 0 Å². The molecular weight excluding hydrogens is 234 g/mol. The molecule has 3 nitrogen and oxygen atoms in total. The average Bonchev–Trinajstić information content (AvgIpc) is 2.67. The van der Waals surface area contributed by atoms with Gasteiger partial charge in [0.25, 0.3) is 0 Å². The van der Waals surface area contributed by atoms with Crippen LogP contribution in [-0.4, -0.2) is 9.55 Å². The fourth-order valence-corrected chi connectivity index (χ4v) is 2.48. The molecule has 0 unspecified atom stereocenters. The van der Waals surface area contributed by atoms with Crippen LogP contribution >= 0.6 is 0 Å². The highest BCUT2D eigenvalue weighted by Gasteiger charge is 2.11. The van der Waals surface area contributed by atoms with Gasteiger partial charge in [-0.2, -0.15) is 0 Å². The Labute approximate surface area is 112 Å². The fraction of sp³-hybridized carbons (Fsp3) is 0.188. The van der Waals surface area contributed by atoms with Crippen molar-refractivity contribution >= 4 is 16.7 Å². The maximum Gasteiger partial charge on any atom is 0.111 e. The molecule has 3 aromatic rings. The van der Waals surface area contributed by atoms with Crippen molar-refractivity contribution in [3.05, 3.63) is 53.3 Å². The zero-order chi connectivity index (χ0) is 13.6. The van der Waals surface area contributed by atoms with Gasteiger partial charge in [-0.25, -0.2) is 4.98 Å². The largest absolute Gasteiger partial charge is 0.399 e. The Morgan fingerprint density at radius 3 is 2.58 bits per heavy atom. The topological polar surface area (TPSA) is 43.8 Å². The molecular formula is C16H17N3.